The highest BCUT2D eigenvalue weighted by atomic mass is 16.4. The fraction of sp³-hybridized carbons (Fsp3) is 0. The predicted octanol–water partition coefficient (Wildman–Crippen LogP) is 3.15. The van der Waals surface area contributed by atoms with E-state index in [0.29, 0.717) is 11.3 Å². The maximum Gasteiger partial charge on any atom is 0.358 e. The number of aromatic carboxylic acids is 1. The summed E-state index contributed by atoms with van der Waals surface area (Å²) in [6.45, 7) is 0. The molecule has 0 amide bonds. The number of imidazole rings is 1. The average Bonchev–Trinajstić information content (AvgIpc) is 2.86. The third-order valence-corrected chi connectivity index (χ3v) is 2.82. The summed E-state index contributed by atoms with van der Waals surface area (Å²) in [6.07, 6.45) is 1.67. The van der Waals surface area contributed by atoms with E-state index in [9.17, 15) is 15.0 Å². The number of aromatic nitrogens is 2. The molecule has 2 heterocycles. The zero-order valence-corrected chi connectivity index (χ0v) is 10.7. The molecular formula is C14H10N4O3. The van der Waals surface area contributed by atoms with Crippen LogP contribution in [0.1, 0.15) is 10.5 Å². The molecular weight excluding hydrogens is 272 g/mol. The van der Waals surface area contributed by atoms with Crippen LogP contribution in [0.3, 0.4) is 0 Å². The number of phenolic OH excluding ortho intramolecular Hbond substituents is 1. The van der Waals surface area contributed by atoms with Crippen LogP contribution in [0.25, 0.3) is 5.65 Å². The van der Waals surface area contributed by atoms with Crippen molar-refractivity contribution in [3.63, 3.8) is 0 Å². The van der Waals surface area contributed by atoms with Crippen LogP contribution in [-0.2, 0) is 0 Å². The molecule has 0 unspecified atom stereocenters. The van der Waals surface area contributed by atoms with E-state index >= 15 is 0 Å². The summed E-state index contributed by atoms with van der Waals surface area (Å²) in [6, 6.07) is 11.3. The highest BCUT2D eigenvalue weighted by Gasteiger charge is 2.17. The van der Waals surface area contributed by atoms with Gasteiger partial charge in [0.2, 0.25) is 0 Å². The van der Waals surface area contributed by atoms with Crippen LogP contribution in [0.2, 0.25) is 0 Å². The molecule has 1 aromatic carbocycles. The van der Waals surface area contributed by atoms with E-state index in [0.717, 1.165) is 0 Å². The lowest BCUT2D eigenvalue weighted by Crippen LogP contribution is -1.96. The number of hydrogen-bond donors (Lipinski definition) is 2. The fourth-order valence-corrected chi connectivity index (χ4v) is 1.85. The zero-order valence-electron chi connectivity index (χ0n) is 10.7. The maximum atomic E-state index is 11.2. The molecule has 0 atom stereocenters. The van der Waals surface area contributed by atoms with Crippen molar-refractivity contribution in [2.45, 2.75) is 0 Å². The molecule has 0 spiro atoms. The number of phenols is 1. The maximum absolute atomic E-state index is 11.2. The van der Waals surface area contributed by atoms with Crippen molar-refractivity contribution >= 4 is 23.1 Å². The Morgan fingerprint density at radius 1 is 1.10 bits per heavy atom. The number of carbonyl (C=O) groups is 1. The van der Waals surface area contributed by atoms with Gasteiger partial charge in [0.1, 0.15) is 11.4 Å². The lowest BCUT2D eigenvalue weighted by Gasteiger charge is -1.96. The second-order valence-electron chi connectivity index (χ2n) is 4.23. The second-order valence-corrected chi connectivity index (χ2v) is 4.23. The summed E-state index contributed by atoms with van der Waals surface area (Å²) in [5, 5.41) is 26.3. The Hall–Kier alpha value is -3.22. The van der Waals surface area contributed by atoms with Crippen molar-refractivity contribution < 1.29 is 15.0 Å². The molecule has 104 valence electrons. The van der Waals surface area contributed by atoms with E-state index in [1.165, 1.54) is 12.1 Å². The van der Waals surface area contributed by atoms with Crippen molar-refractivity contribution in [2.24, 2.45) is 10.2 Å². The van der Waals surface area contributed by atoms with Gasteiger partial charge in [-0.1, -0.05) is 6.07 Å². The van der Waals surface area contributed by atoms with Crippen LogP contribution >= 0.6 is 0 Å². The number of carboxylic acids is 1. The number of benzene rings is 1. The van der Waals surface area contributed by atoms with E-state index in [1.807, 2.05) is 0 Å². The Labute approximate surface area is 118 Å². The van der Waals surface area contributed by atoms with Gasteiger partial charge in [0.15, 0.2) is 11.5 Å². The molecule has 21 heavy (non-hydrogen) atoms. The smallest absolute Gasteiger partial charge is 0.358 e. The first-order chi connectivity index (χ1) is 10.1. The molecule has 3 aromatic rings. The summed E-state index contributed by atoms with van der Waals surface area (Å²) >= 11 is 0. The van der Waals surface area contributed by atoms with Crippen molar-refractivity contribution in [3.8, 4) is 5.75 Å². The molecule has 7 heteroatoms. The van der Waals surface area contributed by atoms with Gasteiger partial charge in [-0.2, -0.15) is 0 Å². The number of carboxylic acid groups (broad SMARTS) is 1. The van der Waals surface area contributed by atoms with Crippen molar-refractivity contribution in [3.05, 3.63) is 54.4 Å². The van der Waals surface area contributed by atoms with Gasteiger partial charge >= 0.3 is 5.97 Å². The molecule has 0 radical (unpaired) electrons. The largest absolute Gasteiger partial charge is 0.508 e. The average molecular weight is 282 g/mol. The molecule has 7 nitrogen and oxygen atoms in total. The minimum Gasteiger partial charge on any atom is -0.508 e. The molecule has 0 aliphatic rings. The Morgan fingerprint density at radius 2 is 1.86 bits per heavy atom. The van der Waals surface area contributed by atoms with E-state index in [4.69, 9.17) is 0 Å². The van der Waals surface area contributed by atoms with Gasteiger partial charge in [0.25, 0.3) is 0 Å². The number of rotatable bonds is 3. The lowest BCUT2D eigenvalue weighted by atomic mass is 10.3. The van der Waals surface area contributed by atoms with Crippen LogP contribution in [0.4, 0.5) is 11.5 Å². The normalized spacial score (nSPS) is 11.2. The van der Waals surface area contributed by atoms with E-state index < -0.39 is 5.97 Å². The Kier molecular flexibility index (Phi) is 3.07. The monoisotopic (exact) mass is 282 g/mol. The number of hydrogen-bond acceptors (Lipinski definition) is 5. The third kappa shape index (κ3) is 2.44. The van der Waals surface area contributed by atoms with Gasteiger partial charge in [-0.15, -0.1) is 10.2 Å². The van der Waals surface area contributed by atoms with Crippen LogP contribution in [0, 0.1) is 0 Å². The number of fused-ring (bicyclic) bond motifs is 1. The van der Waals surface area contributed by atoms with E-state index in [-0.39, 0.29) is 17.3 Å². The molecule has 0 bridgehead atoms. The standard InChI is InChI=1S/C14H10N4O3/c19-10-6-4-9(5-7-10)16-17-13-12(14(20)21)15-11-3-1-2-8-18(11)13/h1-8,19H,(H,20,21). The first kappa shape index (κ1) is 12.8. The van der Waals surface area contributed by atoms with Gasteiger partial charge < -0.3 is 10.2 Å². The molecule has 3 rings (SSSR count). The van der Waals surface area contributed by atoms with Crippen LogP contribution < -0.4 is 0 Å². The Morgan fingerprint density at radius 3 is 2.57 bits per heavy atom. The third-order valence-electron chi connectivity index (χ3n) is 2.82. The summed E-state index contributed by atoms with van der Waals surface area (Å²) in [5.74, 6) is -0.903. The molecule has 0 fully saturated rings. The van der Waals surface area contributed by atoms with Gasteiger partial charge in [0, 0.05) is 6.20 Å². The zero-order chi connectivity index (χ0) is 14.8. The van der Waals surface area contributed by atoms with Crippen LogP contribution in [0.15, 0.2) is 58.9 Å². The van der Waals surface area contributed by atoms with Gasteiger partial charge in [-0.05, 0) is 36.4 Å². The molecule has 0 saturated carbocycles. The summed E-state index contributed by atoms with van der Waals surface area (Å²) in [7, 11) is 0. The summed E-state index contributed by atoms with van der Waals surface area (Å²) < 4.78 is 1.55. The predicted molar refractivity (Wildman–Crippen MR) is 74.4 cm³/mol. The highest BCUT2D eigenvalue weighted by molar-refractivity contribution is 5.91. The van der Waals surface area contributed by atoms with Gasteiger partial charge in [0.05, 0.1) is 5.69 Å². The Bertz CT molecular complexity index is 837. The summed E-state index contributed by atoms with van der Waals surface area (Å²) in [4.78, 5) is 15.2. The first-order valence-electron chi connectivity index (χ1n) is 6.06. The topological polar surface area (TPSA) is 99.5 Å². The quantitative estimate of drug-likeness (QED) is 0.720. The van der Waals surface area contributed by atoms with Crippen molar-refractivity contribution in [1.29, 1.82) is 0 Å². The highest BCUT2D eigenvalue weighted by Crippen LogP contribution is 2.24. The summed E-state index contributed by atoms with van der Waals surface area (Å²) in [5.41, 5.74) is 0.813. The lowest BCUT2D eigenvalue weighted by molar-refractivity contribution is 0.0692. The minimum atomic E-state index is -1.17. The van der Waals surface area contributed by atoms with Gasteiger partial charge in [-0.3, -0.25) is 4.40 Å². The molecule has 0 aliphatic heterocycles. The number of aromatic hydroxyl groups is 1. The molecule has 2 N–H and O–H groups in total. The van der Waals surface area contributed by atoms with Crippen molar-refractivity contribution in [1.82, 2.24) is 9.38 Å². The number of nitrogens with zero attached hydrogens (tertiary/aromatic N) is 4. The number of azo groups is 1. The molecule has 0 saturated heterocycles. The van der Waals surface area contributed by atoms with Crippen LogP contribution in [-0.4, -0.2) is 25.6 Å². The SMILES string of the molecule is O=C(O)c1nc2ccccn2c1N=Nc1ccc(O)cc1. The Balaban J connectivity index is 2.08. The fourth-order valence-electron chi connectivity index (χ4n) is 1.85. The molecule has 0 aliphatic carbocycles. The first-order valence-corrected chi connectivity index (χ1v) is 6.06. The molecule has 2 aromatic heterocycles. The van der Waals surface area contributed by atoms with E-state index in [1.54, 1.807) is 40.9 Å². The van der Waals surface area contributed by atoms with E-state index in [2.05, 4.69) is 15.2 Å². The number of pyridine rings is 1. The second kappa shape index (κ2) is 5.04. The minimum absolute atomic E-state index is 0.120. The van der Waals surface area contributed by atoms with Gasteiger partial charge in [-0.25, -0.2) is 9.78 Å². The van der Waals surface area contributed by atoms with Crippen molar-refractivity contribution in [2.75, 3.05) is 0 Å². The van der Waals surface area contributed by atoms with Crippen LogP contribution in [0.5, 0.6) is 5.75 Å².